The SMILES string of the molecule is CC1CN(C)CCC1NC(=O)CC1CCC(CN)CC1. The molecule has 1 amide bonds. The Balaban J connectivity index is 1.70. The van der Waals surface area contributed by atoms with Gasteiger partial charge in [0.05, 0.1) is 0 Å². The van der Waals surface area contributed by atoms with Crippen LogP contribution in [-0.2, 0) is 4.79 Å². The fraction of sp³-hybridized carbons (Fsp3) is 0.938. The number of likely N-dealkylation sites (tertiary alicyclic amines) is 1. The highest BCUT2D eigenvalue weighted by molar-refractivity contribution is 5.76. The number of piperidine rings is 1. The molecule has 2 fully saturated rings. The van der Waals surface area contributed by atoms with Crippen molar-refractivity contribution in [3.8, 4) is 0 Å². The zero-order valence-electron chi connectivity index (χ0n) is 13.1. The van der Waals surface area contributed by atoms with Gasteiger partial charge in [0.25, 0.3) is 0 Å². The van der Waals surface area contributed by atoms with E-state index in [1.807, 2.05) is 0 Å². The van der Waals surface area contributed by atoms with Gasteiger partial charge in [-0.05, 0) is 70.0 Å². The molecule has 0 bridgehead atoms. The average molecular weight is 281 g/mol. The third-order valence-electron chi connectivity index (χ3n) is 5.23. The monoisotopic (exact) mass is 281 g/mol. The van der Waals surface area contributed by atoms with Crippen LogP contribution >= 0.6 is 0 Å². The first-order valence-electron chi connectivity index (χ1n) is 8.26. The molecule has 0 aromatic carbocycles. The van der Waals surface area contributed by atoms with E-state index in [4.69, 9.17) is 5.73 Å². The van der Waals surface area contributed by atoms with Crippen LogP contribution in [-0.4, -0.2) is 43.5 Å². The number of carbonyl (C=O) groups excluding carboxylic acids is 1. The molecule has 2 aliphatic rings. The molecule has 4 nitrogen and oxygen atoms in total. The minimum absolute atomic E-state index is 0.266. The Morgan fingerprint density at radius 2 is 1.85 bits per heavy atom. The molecule has 3 N–H and O–H groups in total. The number of carbonyl (C=O) groups is 1. The molecule has 20 heavy (non-hydrogen) atoms. The summed E-state index contributed by atoms with van der Waals surface area (Å²) in [5, 5.41) is 3.27. The van der Waals surface area contributed by atoms with Crippen LogP contribution in [0.25, 0.3) is 0 Å². The molecule has 1 aliphatic heterocycles. The summed E-state index contributed by atoms with van der Waals surface area (Å²) in [6.07, 6.45) is 6.58. The van der Waals surface area contributed by atoms with Gasteiger partial charge >= 0.3 is 0 Å². The van der Waals surface area contributed by atoms with Crippen LogP contribution in [0.3, 0.4) is 0 Å². The maximum Gasteiger partial charge on any atom is 0.220 e. The van der Waals surface area contributed by atoms with E-state index in [2.05, 4.69) is 24.2 Å². The van der Waals surface area contributed by atoms with Crippen molar-refractivity contribution in [2.45, 2.75) is 51.5 Å². The van der Waals surface area contributed by atoms with E-state index in [1.165, 1.54) is 25.7 Å². The van der Waals surface area contributed by atoms with Crippen LogP contribution in [0.15, 0.2) is 0 Å². The average Bonchev–Trinajstić information content (AvgIpc) is 2.43. The summed E-state index contributed by atoms with van der Waals surface area (Å²) < 4.78 is 0. The molecule has 1 aliphatic carbocycles. The van der Waals surface area contributed by atoms with Gasteiger partial charge in [-0.2, -0.15) is 0 Å². The Morgan fingerprint density at radius 1 is 1.20 bits per heavy atom. The van der Waals surface area contributed by atoms with Gasteiger partial charge in [-0.25, -0.2) is 0 Å². The molecule has 0 spiro atoms. The Hall–Kier alpha value is -0.610. The van der Waals surface area contributed by atoms with Crippen molar-refractivity contribution in [3.05, 3.63) is 0 Å². The minimum atomic E-state index is 0.266. The Morgan fingerprint density at radius 3 is 2.45 bits per heavy atom. The second kappa shape index (κ2) is 7.41. The molecule has 1 saturated heterocycles. The molecule has 0 radical (unpaired) electrons. The summed E-state index contributed by atoms with van der Waals surface area (Å²) in [6, 6.07) is 0.374. The van der Waals surface area contributed by atoms with Crippen molar-refractivity contribution < 1.29 is 4.79 Å². The number of amides is 1. The van der Waals surface area contributed by atoms with E-state index < -0.39 is 0 Å². The highest BCUT2D eigenvalue weighted by Crippen LogP contribution is 2.30. The first-order valence-corrected chi connectivity index (χ1v) is 8.26. The smallest absolute Gasteiger partial charge is 0.220 e. The fourth-order valence-electron chi connectivity index (χ4n) is 3.77. The number of nitrogens with zero attached hydrogens (tertiary/aromatic N) is 1. The van der Waals surface area contributed by atoms with Crippen LogP contribution in [0.5, 0.6) is 0 Å². The zero-order valence-corrected chi connectivity index (χ0v) is 13.1. The van der Waals surface area contributed by atoms with Crippen molar-refractivity contribution >= 4 is 5.91 Å². The molecule has 1 heterocycles. The lowest BCUT2D eigenvalue weighted by atomic mass is 9.80. The van der Waals surface area contributed by atoms with Gasteiger partial charge < -0.3 is 16.0 Å². The fourth-order valence-corrected chi connectivity index (χ4v) is 3.77. The Labute approximate surface area is 123 Å². The van der Waals surface area contributed by atoms with Crippen LogP contribution < -0.4 is 11.1 Å². The van der Waals surface area contributed by atoms with Gasteiger partial charge in [0.2, 0.25) is 5.91 Å². The molecular weight excluding hydrogens is 250 g/mol. The lowest BCUT2D eigenvalue weighted by Crippen LogP contribution is -2.49. The largest absolute Gasteiger partial charge is 0.353 e. The van der Waals surface area contributed by atoms with Crippen LogP contribution in [0.2, 0.25) is 0 Å². The lowest BCUT2D eigenvalue weighted by molar-refractivity contribution is -0.123. The van der Waals surface area contributed by atoms with Crippen molar-refractivity contribution in [2.75, 3.05) is 26.7 Å². The lowest BCUT2D eigenvalue weighted by Gasteiger charge is -2.35. The molecule has 1 saturated carbocycles. The number of nitrogens with two attached hydrogens (primary N) is 1. The van der Waals surface area contributed by atoms with E-state index in [0.29, 0.717) is 23.8 Å². The maximum absolute atomic E-state index is 12.2. The second-order valence-corrected chi connectivity index (χ2v) is 7.03. The first kappa shape index (κ1) is 15.8. The van der Waals surface area contributed by atoms with E-state index in [0.717, 1.165) is 32.5 Å². The number of nitrogens with one attached hydrogen (secondary N) is 1. The highest BCUT2D eigenvalue weighted by Gasteiger charge is 2.27. The van der Waals surface area contributed by atoms with Gasteiger partial charge in [-0.1, -0.05) is 6.92 Å². The molecule has 0 aromatic heterocycles. The third kappa shape index (κ3) is 4.45. The standard InChI is InChI=1S/C16H31N3O/c1-12-11-19(2)8-7-15(12)18-16(20)9-13-3-5-14(10-17)6-4-13/h12-15H,3-11,17H2,1-2H3,(H,18,20). The van der Waals surface area contributed by atoms with E-state index in [9.17, 15) is 4.79 Å². The maximum atomic E-state index is 12.2. The normalized spacial score (nSPS) is 35.8. The van der Waals surface area contributed by atoms with Gasteiger partial charge in [-0.3, -0.25) is 4.79 Å². The summed E-state index contributed by atoms with van der Waals surface area (Å²) in [7, 11) is 2.16. The molecule has 2 rings (SSSR count). The van der Waals surface area contributed by atoms with Crippen molar-refractivity contribution in [3.63, 3.8) is 0 Å². The van der Waals surface area contributed by atoms with Gasteiger partial charge in [-0.15, -0.1) is 0 Å². The topological polar surface area (TPSA) is 58.4 Å². The zero-order chi connectivity index (χ0) is 14.5. The van der Waals surface area contributed by atoms with Crippen molar-refractivity contribution in [1.29, 1.82) is 0 Å². The van der Waals surface area contributed by atoms with Gasteiger partial charge in [0, 0.05) is 19.0 Å². The molecule has 2 unspecified atom stereocenters. The molecule has 116 valence electrons. The van der Waals surface area contributed by atoms with Gasteiger partial charge in [0.15, 0.2) is 0 Å². The minimum Gasteiger partial charge on any atom is -0.353 e. The third-order valence-corrected chi connectivity index (χ3v) is 5.23. The van der Waals surface area contributed by atoms with E-state index in [-0.39, 0.29) is 5.91 Å². The Bertz CT molecular complexity index is 313. The summed E-state index contributed by atoms with van der Waals surface area (Å²) in [5.41, 5.74) is 5.72. The van der Waals surface area contributed by atoms with Crippen LogP contribution in [0, 0.1) is 17.8 Å². The van der Waals surface area contributed by atoms with Crippen LogP contribution in [0.4, 0.5) is 0 Å². The molecule has 4 heteroatoms. The predicted octanol–water partition coefficient (Wildman–Crippen LogP) is 1.60. The summed E-state index contributed by atoms with van der Waals surface area (Å²) in [5.74, 6) is 2.11. The quantitative estimate of drug-likeness (QED) is 0.823. The molecule has 2 atom stereocenters. The van der Waals surface area contributed by atoms with Gasteiger partial charge in [0.1, 0.15) is 0 Å². The Kier molecular flexibility index (Phi) is 5.85. The van der Waals surface area contributed by atoms with E-state index >= 15 is 0 Å². The summed E-state index contributed by atoms with van der Waals surface area (Å²) in [4.78, 5) is 14.6. The summed E-state index contributed by atoms with van der Waals surface area (Å²) >= 11 is 0. The van der Waals surface area contributed by atoms with E-state index in [1.54, 1.807) is 0 Å². The molecule has 0 aromatic rings. The predicted molar refractivity (Wildman–Crippen MR) is 82.3 cm³/mol. The number of rotatable bonds is 4. The number of hydrogen-bond donors (Lipinski definition) is 2. The summed E-state index contributed by atoms with van der Waals surface area (Å²) in [6.45, 7) is 5.24. The van der Waals surface area contributed by atoms with Crippen LogP contribution in [0.1, 0.15) is 45.4 Å². The second-order valence-electron chi connectivity index (χ2n) is 7.03. The van der Waals surface area contributed by atoms with Crippen molar-refractivity contribution in [2.24, 2.45) is 23.5 Å². The number of hydrogen-bond acceptors (Lipinski definition) is 3. The van der Waals surface area contributed by atoms with Crippen molar-refractivity contribution in [1.82, 2.24) is 10.2 Å². The highest BCUT2D eigenvalue weighted by atomic mass is 16.1. The molecular formula is C16H31N3O. The first-order chi connectivity index (χ1) is 9.58.